The van der Waals surface area contributed by atoms with Gasteiger partial charge >= 0.3 is 0 Å². The second kappa shape index (κ2) is 8.15. The normalized spacial score (nSPS) is 21.2. The van der Waals surface area contributed by atoms with Gasteiger partial charge in [-0.15, -0.1) is 0 Å². The highest BCUT2D eigenvalue weighted by Gasteiger charge is 2.13. The molecule has 0 saturated heterocycles. The molecule has 1 aliphatic carbocycles. The van der Waals surface area contributed by atoms with Crippen molar-refractivity contribution >= 4 is 0 Å². The van der Waals surface area contributed by atoms with E-state index >= 15 is 0 Å². The first-order chi connectivity index (χ1) is 7.36. The summed E-state index contributed by atoms with van der Waals surface area (Å²) in [5, 5.41) is 3.77. The standard InChI is InChI=1S/C14H29N/c1-3-9-14(4-2)15-12-13-10-7-5-6-8-11-13/h13-15H,3-12H2,1-2H3. The third-order valence-corrected chi connectivity index (χ3v) is 3.80. The highest BCUT2D eigenvalue weighted by atomic mass is 14.9. The molecule has 1 heteroatoms. The molecule has 1 saturated carbocycles. The predicted octanol–water partition coefficient (Wildman–Crippen LogP) is 4.13. The largest absolute Gasteiger partial charge is 0.314 e. The van der Waals surface area contributed by atoms with Crippen LogP contribution >= 0.6 is 0 Å². The third-order valence-electron chi connectivity index (χ3n) is 3.80. The highest BCUT2D eigenvalue weighted by molar-refractivity contribution is 4.71. The average Bonchev–Trinajstić information content (AvgIpc) is 2.52. The van der Waals surface area contributed by atoms with E-state index in [2.05, 4.69) is 19.2 Å². The fourth-order valence-corrected chi connectivity index (χ4v) is 2.70. The molecule has 0 aromatic heterocycles. The van der Waals surface area contributed by atoms with Crippen LogP contribution in [0.15, 0.2) is 0 Å². The minimum atomic E-state index is 0.776. The molecule has 90 valence electrons. The summed E-state index contributed by atoms with van der Waals surface area (Å²) >= 11 is 0. The lowest BCUT2D eigenvalue weighted by Gasteiger charge is -2.20. The van der Waals surface area contributed by atoms with Crippen molar-refractivity contribution in [2.75, 3.05) is 6.54 Å². The van der Waals surface area contributed by atoms with Gasteiger partial charge in [0, 0.05) is 6.04 Å². The molecule has 0 heterocycles. The van der Waals surface area contributed by atoms with Gasteiger partial charge in [-0.05, 0) is 38.1 Å². The Hall–Kier alpha value is -0.0400. The van der Waals surface area contributed by atoms with E-state index in [4.69, 9.17) is 0 Å². The molecular formula is C14H29N. The zero-order chi connectivity index (χ0) is 10.9. The molecule has 1 unspecified atom stereocenters. The van der Waals surface area contributed by atoms with Gasteiger partial charge < -0.3 is 5.32 Å². The number of nitrogens with one attached hydrogen (secondary N) is 1. The molecule has 0 aliphatic heterocycles. The quantitative estimate of drug-likeness (QED) is 0.652. The van der Waals surface area contributed by atoms with Crippen LogP contribution in [0.3, 0.4) is 0 Å². The van der Waals surface area contributed by atoms with Crippen molar-refractivity contribution in [1.29, 1.82) is 0 Å². The Morgan fingerprint density at radius 3 is 2.27 bits per heavy atom. The van der Waals surface area contributed by atoms with Gasteiger partial charge in [-0.2, -0.15) is 0 Å². The molecule has 1 aliphatic rings. The molecule has 1 N–H and O–H groups in total. The maximum absolute atomic E-state index is 3.77. The van der Waals surface area contributed by atoms with Gasteiger partial charge in [-0.1, -0.05) is 46.0 Å². The molecule has 0 aromatic carbocycles. The minimum Gasteiger partial charge on any atom is -0.314 e. The number of hydrogen-bond acceptors (Lipinski definition) is 1. The molecule has 1 atom stereocenters. The Morgan fingerprint density at radius 1 is 1.07 bits per heavy atom. The van der Waals surface area contributed by atoms with E-state index in [9.17, 15) is 0 Å². The fraction of sp³-hybridized carbons (Fsp3) is 1.00. The lowest BCUT2D eigenvalue weighted by molar-refractivity contribution is 0.374. The molecule has 0 aromatic rings. The van der Waals surface area contributed by atoms with Crippen LogP contribution in [0.1, 0.15) is 71.6 Å². The van der Waals surface area contributed by atoms with Crippen LogP contribution in [-0.4, -0.2) is 12.6 Å². The first-order valence-corrected chi connectivity index (χ1v) is 7.10. The van der Waals surface area contributed by atoms with E-state index in [0.717, 1.165) is 12.0 Å². The van der Waals surface area contributed by atoms with Crippen LogP contribution < -0.4 is 5.32 Å². The Morgan fingerprint density at radius 2 is 1.73 bits per heavy atom. The van der Waals surface area contributed by atoms with Crippen molar-refractivity contribution in [3.63, 3.8) is 0 Å². The number of hydrogen-bond donors (Lipinski definition) is 1. The van der Waals surface area contributed by atoms with Crippen molar-refractivity contribution in [3.05, 3.63) is 0 Å². The number of rotatable bonds is 6. The summed E-state index contributed by atoms with van der Waals surface area (Å²) in [5.74, 6) is 0.971. The van der Waals surface area contributed by atoms with Crippen LogP contribution in [0.5, 0.6) is 0 Å². The molecule has 15 heavy (non-hydrogen) atoms. The lowest BCUT2D eigenvalue weighted by Crippen LogP contribution is -2.32. The van der Waals surface area contributed by atoms with Crippen molar-refractivity contribution < 1.29 is 0 Å². The zero-order valence-corrected chi connectivity index (χ0v) is 10.7. The summed E-state index contributed by atoms with van der Waals surface area (Å²) in [7, 11) is 0. The van der Waals surface area contributed by atoms with Gasteiger partial charge in [0.05, 0.1) is 0 Å². The van der Waals surface area contributed by atoms with E-state index in [-0.39, 0.29) is 0 Å². The lowest BCUT2D eigenvalue weighted by atomic mass is 9.99. The topological polar surface area (TPSA) is 12.0 Å². The molecule has 1 fully saturated rings. The van der Waals surface area contributed by atoms with E-state index in [1.54, 1.807) is 0 Å². The van der Waals surface area contributed by atoms with Gasteiger partial charge in [-0.25, -0.2) is 0 Å². The molecule has 0 radical (unpaired) electrons. The van der Waals surface area contributed by atoms with Crippen molar-refractivity contribution in [1.82, 2.24) is 5.32 Å². The Balaban J connectivity index is 2.15. The highest BCUT2D eigenvalue weighted by Crippen LogP contribution is 2.22. The fourth-order valence-electron chi connectivity index (χ4n) is 2.70. The van der Waals surface area contributed by atoms with Crippen molar-refractivity contribution in [3.8, 4) is 0 Å². The van der Waals surface area contributed by atoms with Crippen LogP contribution in [0, 0.1) is 5.92 Å². The second-order valence-corrected chi connectivity index (χ2v) is 5.16. The molecule has 1 rings (SSSR count). The molecular weight excluding hydrogens is 182 g/mol. The molecule has 1 nitrogen and oxygen atoms in total. The van der Waals surface area contributed by atoms with Gasteiger partial charge in [0.1, 0.15) is 0 Å². The summed E-state index contributed by atoms with van der Waals surface area (Å²) in [6, 6.07) is 0.776. The Kier molecular flexibility index (Phi) is 7.08. The molecule has 0 spiro atoms. The van der Waals surface area contributed by atoms with E-state index in [1.807, 2.05) is 0 Å². The molecule has 0 amide bonds. The molecule has 0 bridgehead atoms. The average molecular weight is 211 g/mol. The van der Waals surface area contributed by atoms with Crippen LogP contribution in [0.25, 0.3) is 0 Å². The first-order valence-electron chi connectivity index (χ1n) is 7.10. The van der Waals surface area contributed by atoms with E-state index in [1.165, 1.54) is 64.3 Å². The second-order valence-electron chi connectivity index (χ2n) is 5.16. The smallest absolute Gasteiger partial charge is 0.00644 e. The summed E-state index contributed by atoms with van der Waals surface area (Å²) in [6.45, 7) is 5.87. The summed E-state index contributed by atoms with van der Waals surface area (Å²) in [6.07, 6.45) is 12.8. The third kappa shape index (κ3) is 5.55. The van der Waals surface area contributed by atoms with Gasteiger partial charge in [0.25, 0.3) is 0 Å². The van der Waals surface area contributed by atoms with E-state index in [0.29, 0.717) is 0 Å². The summed E-state index contributed by atoms with van der Waals surface area (Å²) < 4.78 is 0. The first kappa shape index (κ1) is 13.0. The van der Waals surface area contributed by atoms with Gasteiger partial charge in [0.2, 0.25) is 0 Å². The van der Waals surface area contributed by atoms with Crippen LogP contribution in [0.2, 0.25) is 0 Å². The summed E-state index contributed by atoms with van der Waals surface area (Å²) in [5.41, 5.74) is 0. The Labute approximate surface area is 96.0 Å². The van der Waals surface area contributed by atoms with E-state index < -0.39 is 0 Å². The maximum Gasteiger partial charge on any atom is 0.00644 e. The van der Waals surface area contributed by atoms with Crippen LogP contribution in [-0.2, 0) is 0 Å². The predicted molar refractivity (Wildman–Crippen MR) is 68.2 cm³/mol. The zero-order valence-electron chi connectivity index (χ0n) is 10.7. The van der Waals surface area contributed by atoms with Gasteiger partial charge in [-0.3, -0.25) is 0 Å². The van der Waals surface area contributed by atoms with Crippen LogP contribution in [0.4, 0.5) is 0 Å². The SMILES string of the molecule is CCCC(CC)NCC1CCCCCC1. The minimum absolute atomic E-state index is 0.776. The van der Waals surface area contributed by atoms with Crippen molar-refractivity contribution in [2.45, 2.75) is 77.7 Å². The Bertz CT molecular complexity index is 136. The maximum atomic E-state index is 3.77. The summed E-state index contributed by atoms with van der Waals surface area (Å²) in [4.78, 5) is 0. The monoisotopic (exact) mass is 211 g/mol. The van der Waals surface area contributed by atoms with Crippen molar-refractivity contribution in [2.24, 2.45) is 5.92 Å². The van der Waals surface area contributed by atoms with Gasteiger partial charge in [0.15, 0.2) is 0 Å².